The predicted octanol–water partition coefficient (Wildman–Crippen LogP) is 4.99. The molecule has 0 aliphatic carbocycles. The topological polar surface area (TPSA) is 73.1 Å². The van der Waals surface area contributed by atoms with E-state index in [1.807, 2.05) is 45.0 Å². The van der Waals surface area contributed by atoms with Crippen molar-refractivity contribution in [3.63, 3.8) is 0 Å². The fraction of sp³-hybridized carbons (Fsp3) is 0.500. The molecule has 8 heteroatoms. The van der Waals surface area contributed by atoms with Gasteiger partial charge in [-0.1, -0.05) is 56.4 Å². The number of pyridine rings is 1. The molecule has 0 saturated heterocycles. The van der Waals surface area contributed by atoms with E-state index in [-0.39, 0.29) is 5.92 Å². The lowest BCUT2D eigenvalue weighted by Gasteiger charge is -2.29. The van der Waals surface area contributed by atoms with E-state index in [9.17, 15) is 5.11 Å². The van der Waals surface area contributed by atoms with Crippen LogP contribution in [0.2, 0.25) is 30.7 Å². The summed E-state index contributed by atoms with van der Waals surface area (Å²) < 4.78 is 7.37. The molecule has 0 bridgehead atoms. The number of benzene rings is 1. The molecule has 0 radical (unpaired) electrons. The van der Waals surface area contributed by atoms with Crippen LogP contribution < -0.4 is 0 Å². The summed E-state index contributed by atoms with van der Waals surface area (Å²) >= 11 is 6.29. The maximum absolute atomic E-state index is 11.7. The SMILES string of the molecule is Cc1cc2ccc(C(O)(c3cn(COCC[Si](C)(C)C)nn3)C(C)C)nc2cc1Cl. The van der Waals surface area contributed by atoms with Crippen LogP contribution in [0, 0.1) is 12.8 Å². The fourth-order valence-electron chi connectivity index (χ4n) is 3.27. The van der Waals surface area contributed by atoms with Gasteiger partial charge in [-0.25, -0.2) is 9.67 Å². The van der Waals surface area contributed by atoms with Gasteiger partial charge in [0.2, 0.25) is 0 Å². The van der Waals surface area contributed by atoms with Crippen molar-refractivity contribution in [3.05, 3.63) is 52.4 Å². The van der Waals surface area contributed by atoms with E-state index in [1.165, 1.54) is 0 Å². The maximum Gasteiger partial charge on any atom is 0.154 e. The van der Waals surface area contributed by atoms with Gasteiger partial charge in [0.25, 0.3) is 0 Å². The molecule has 3 aromatic rings. The molecule has 30 heavy (non-hydrogen) atoms. The molecule has 0 amide bonds. The monoisotopic (exact) mass is 446 g/mol. The molecule has 0 aliphatic heterocycles. The lowest BCUT2D eigenvalue weighted by molar-refractivity contribution is 0.0233. The van der Waals surface area contributed by atoms with Crippen LogP contribution in [0.25, 0.3) is 10.9 Å². The van der Waals surface area contributed by atoms with Crippen molar-refractivity contribution in [2.24, 2.45) is 5.92 Å². The van der Waals surface area contributed by atoms with E-state index in [1.54, 1.807) is 10.9 Å². The normalized spacial score (nSPS) is 14.4. The second-order valence-corrected chi connectivity index (χ2v) is 15.4. The molecule has 1 atom stereocenters. The minimum Gasteiger partial charge on any atom is -0.377 e. The molecular formula is C22H31ClN4O2Si. The summed E-state index contributed by atoms with van der Waals surface area (Å²) in [7, 11) is -1.14. The lowest BCUT2D eigenvalue weighted by atomic mass is 9.84. The van der Waals surface area contributed by atoms with E-state index < -0.39 is 13.7 Å². The Balaban J connectivity index is 1.87. The molecule has 0 spiro atoms. The van der Waals surface area contributed by atoms with Crippen molar-refractivity contribution < 1.29 is 9.84 Å². The minimum absolute atomic E-state index is 0.165. The molecular weight excluding hydrogens is 416 g/mol. The van der Waals surface area contributed by atoms with Crippen LogP contribution >= 0.6 is 11.6 Å². The first-order valence-corrected chi connectivity index (χ1v) is 14.4. The molecule has 2 aromatic heterocycles. The van der Waals surface area contributed by atoms with Gasteiger partial charge in [0, 0.05) is 25.1 Å². The molecule has 1 N–H and O–H groups in total. The van der Waals surface area contributed by atoms with Gasteiger partial charge in [0.1, 0.15) is 12.4 Å². The minimum atomic E-state index is -1.37. The zero-order valence-electron chi connectivity index (χ0n) is 18.6. The van der Waals surface area contributed by atoms with Crippen molar-refractivity contribution in [2.75, 3.05) is 6.61 Å². The zero-order chi connectivity index (χ0) is 22.1. The number of halogens is 1. The summed E-state index contributed by atoms with van der Waals surface area (Å²) in [5.74, 6) is -0.165. The number of hydrogen-bond donors (Lipinski definition) is 1. The average molecular weight is 447 g/mol. The van der Waals surface area contributed by atoms with Crippen LogP contribution in [0.1, 0.15) is 30.8 Å². The number of rotatable bonds is 8. The van der Waals surface area contributed by atoms with Gasteiger partial charge in [0.15, 0.2) is 5.60 Å². The van der Waals surface area contributed by atoms with Crippen molar-refractivity contribution in [3.8, 4) is 0 Å². The third-order valence-corrected chi connectivity index (χ3v) is 7.46. The molecule has 3 rings (SSSR count). The lowest BCUT2D eigenvalue weighted by Crippen LogP contribution is -2.35. The van der Waals surface area contributed by atoms with E-state index in [0.29, 0.717) is 29.7 Å². The van der Waals surface area contributed by atoms with Crippen molar-refractivity contribution in [1.29, 1.82) is 0 Å². The van der Waals surface area contributed by atoms with Gasteiger partial charge in [-0.2, -0.15) is 0 Å². The van der Waals surface area contributed by atoms with Gasteiger partial charge in [0.05, 0.1) is 17.4 Å². The highest BCUT2D eigenvalue weighted by Crippen LogP contribution is 2.35. The van der Waals surface area contributed by atoms with Crippen LogP contribution in [-0.2, 0) is 17.1 Å². The van der Waals surface area contributed by atoms with Crippen molar-refractivity contribution in [1.82, 2.24) is 20.0 Å². The Labute approximate surface area is 184 Å². The molecule has 2 heterocycles. The number of fused-ring (bicyclic) bond motifs is 1. The van der Waals surface area contributed by atoms with E-state index in [4.69, 9.17) is 21.3 Å². The van der Waals surface area contributed by atoms with Crippen LogP contribution in [-0.4, -0.2) is 39.8 Å². The molecule has 162 valence electrons. The zero-order valence-corrected chi connectivity index (χ0v) is 20.4. The standard InChI is InChI=1S/C22H31ClN4O2Si/c1-15(2)22(28,20-8-7-17-11-16(3)18(23)12-19(17)24-20)21-13-27(26-25-21)14-29-9-10-30(4,5)6/h7-8,11-13,15,28H,9-10,14H2,1-6H3. The fourth-order valence-corrected chi connectivity index (χ4v) is 4.18. The van der Waals surface area contributed by atoms with Gasteiger partial charge >= 0.3 is 0 Å². The summed E-state index contributed by atoms with van der Waals surface area (Å²) in [5, 5.41) is 21.7. The molecule has 1 unspecified atom stereocenters. The summed E-state index contributed by atoms with van der Waals surface area (Å²) in [4.78, 5) is 4.72. The largest absolute Gasteiger partial charge is 0.377 e. The van der Waals surface area contributed by atoms with Crippen LogP contribution in [0.5, 0.6) is 0 Å². The van der Waals surface area contributed by atoms with E-state index >= 15 is 0 Å². The summed E-state index contributed by atoms with van der Waals surface area (Å²) in [6.07, 6.45) is 1.74. The molecule has 6 nitrogen and oxygen atoms in total. The number of aromatic nitrogens is 4. The Hall–Kier alpha value is -1.80. The predicted molar refractivity (Wildman–Crippen MR) is 123 cm³/mol. The van der Waals surface area contributed by atoms with Gasteiger partial charge in [-0.15, -0.1) is 5.10 Å². The third-order valence-electron chi connectivity index (χ3n) is 5.34. The Kier molecular flexibility index (Phi) is 6.67. The van der Waals surface area contributed by atoms with Gasteiger partial charge in [-0.3, -0.25) is 0 Å². The first kappa shape index (κ1) is 22.9. The molecule has 0 aliphatic rings. The smallest absolute Gasteiger partial charge is 0.154 e. The number of hydrogen-bond acceptors (Lipinski definition) is 5. The summed E-state index contributed by atoms with van der Waals surface area (Å²) in [6, 6.07) is 8.72. The second-order valence-electron chi connectivity index (χ2n) is 9.40. The van der Waals surface area contributed by atoms with E-state index in [2.05, 4.69) is 30.0 Å². The van der Waals surface area contributed by atoms with Gasteiger partial charge < -0.3 is 9.84 Å². The molecule has 0 fully saturated rings. The first-order chi connectivity index (χ1) is 14.0. The third kappa shape index (κ3) is 4.91. The Morgan fingerprint density at radius 1 is 1.20 bits per heavy atom. The number of aryl methyl sites for hydroxylation is 1. The Morgan fingerprint density at radius 3 is 2.60 bits per heavy atom. The van der Waals surface area contributed by atoms with Crippen molar-refractivity contribution in [2.45, 2.75) is 58.8 Å². The van der Waals surface area contributed by atoms with Crippen LogP contribution in [0.15, 0.2) is 30.5 Å². The highest BCUT2D eigenvalue weighted by atomic mass is 35.5. The number of nitrogens with zero attached hydrogens (tertiary/aromatic N) is 4. The van der Waals surface area contributed by atoms with Crippen LogP contribution in [0.3, 0.4) is 0 Å². The quantitative estimate of drug-likeness (QED) is 0.389. The Bertz CT molecular complexity index is 1030. The maximum atomic E-state index is 11.7. The summed E-state index contributed by atoms with van der Waals surface area (Å²) in [5.41, 5.74) is 1.34. The van der Waals surface area contributed by atoms with Gasteiger partial charge in [-0.05, 0) is 42.6 Å². The Morgan fingerprint density at radius 2 is 1.93 bits per heavy atom. The van der Waals surface area contributed by atoms with E-state index in [0.717, 1.165) is 22.5 Å². The first-order valence-electron chi connectivity index (χ1n) is 10.3. The highest BCUT2D eigenvalue weighted by molar-refractivity contribution is 6.76. The second kappa shape index (κ2) is 8.75. The van der Waals surface area contributed by atoms with Crippen LogP contribution in [0.4, 0.5) is 0 Å². The molecule has 1 aromatic carbocycles. The average Bonchev–Trinajstić information content (AvgIpc) is 3.13. The highest BCUT2D eigenvalue weighted by Gasteiger charge is 2.39. The molecule has 0 saturated carbocycles. The number of ether oxygens (including phenoxy) is 1. The number of aliphatic hydroxyl groups is 1. The summed E-state index contributed by atoms with van der Waals surface area (Å²) in [6.45, 7) is 13.8. The van der Waals surface area contributed by atoms with Crippen molar-refractivity contribution >= 4 is 30.6 Å².